The summed E-state index contributed by atoms with van der Waals surface area (Å²) in [5.41, 5.74) is -0.597. The third kappa shape index (κ3) is 3.29. The number of hydrogen-bond acceptors (Lipinski definition) is 4. The lowest BCUT2D eigenvalue weighted by molar-refractivity contribution is -0.166. The van der Waals surface area contributed by atoms with Crippen molar-refractivity contribution >= 4 is 5.97 Å². The lowest BCUT2D eigenvalue weighted by Crippen LogP contribution is -2.49. The molecule has 23 heavy (non-hydrogen) atoms. The van der Waals surface area contributed by atoms with E-state index in [4.69, 9.17) is 9.47 Å². The van der Waals surface area contributed by atoms with Gasteiger partial charge < -0.3 is 19.7 Å². The summed E-state index contributed by atoms with van der Waals surface area (Å²) in [6.07, 6.45) is -0.884. The van der Waals surface area contributed by atoms with Gasteiger partial charge in [0, 0.05) is 7.11 Å². The van der Waals surface area contributed by atoms with Crippen LogP contribution in [-0.4, -0.2) is 29.4 Å². The average Bonchev–Trinajstić information content (AvgIpc) is 2.57. The third-order valence-corrected chi connectivity index (χ3v) is 3.83. The number of phenols is 1. The highest BCUT2D eigenvalue weighted by molar-refractivity contribution is 5.74. The number of carbonyl (C=O) groups is 1. The van der Waals surface area contributed by atoms with Gasteiger partial charge in [0.15, 0.2) is 23.2 Å². The van der Waals surface area contributed by atoms with E-state index in [-0.39, 0.29) is 11.5 Å². The van der Waals surface area contributed by atoms with Crippen molar-refractivity contribution in [1.29, 1.82) is 0 Å². The van der Waals surface area contributed by atoms with E-state index in [1.165, 1.54) is 13.2 Å². The van der Waals surface area contributed by atoms with E-state index < -0.39 is 17.7 Å². The Morgan fingerprint density at radius 2 is 1.74 bits per heavy atom. The van der Waals surface area contributed by atoms with Gasteiger partial charge >= 0.3 is 5.97 Å². The fraction of sp³-hybridized carbons (Fsp3) is 0.278. The van der Waals surface area contributed by atoms with Gasteiger partial charge in [-0.3, -0.25) is 0 Å². The second-order valence-corrected chi connectivity index (χ2v) is 5.13. The molecule has 0 saturated heterocycles. The molecular weight excluding hydrogens is 296 g/mol. The van der Waals surface area contributed by atoms with E-state index in [9.17, 15) is 15.0 Å². The summed E-state index contributed by atoms with van der Waals surface area (Å²) in [6, 6.07) is 15.5. The number of carboxylic acids is 1. The lowest BCUT2D eigenvalue weighted by atomic mass is 9.85. The molecule has 5 nitrogen and oxygen atoms in total. The lowest BCUT2D eigenvalue weighted by Gasteiger charge is -2.38. The zero-order valence-corrected chi connectivity index (χ0v) is 13.1. The third-order valence-electron chi connectivity index (χ3n) is 3.83. The fourth-order valence-corrected chi connectivity index (χ4v) is 2.68. The first-order chi connectivity index (χ1) is 11.0. The van der Waals surface area contributed by atoms with Crippen LogP contribution in [-0.2, 0) is 15.1 Å². The Balaban J connectivity index is 2.58. The number of benzene rings is 2. The standard InChI is InChI=1S/C18H20O5/c1-3-18(16(22-2)17(20)21,13-9-5-4-6-10-13)23-15-12-8-7-11-14(15)19/h4-12,16,19H,3H2,1-2H3,(H,20,21). The number of phenolic OH excluding ortho intramolecular Hbond substituents is 1. The van der Waals surface area contributed by atoms with Gasteiger partial charge in [-0.2, -0.15) is 0 Å². The summed E-state index contributed by atoms with van der Waals surface area (Å²) < 4.78 is 11.3. The van der Waals surface area contributed by atoms with Crippen LogP contribution in [0.2, 0.25) is 0 Å². The van der Waals surface area contributed by atoms with Gasteiger partial charge in [-0.25, -0.2) is 4.79 Å². The quantitative estimate of drug-likeness (QED) is 0.820. The monoisotopic (exact) mass is 316 g/mol. The number of hydrogen-bond donors (Lipinski definition) is 2. The maximum Gasteiger partial charge on any atom is 0.337 e. The molecule has 0 bridgehead atoms. The number of rotatable bonds is 7. The maximum atomic E-state index is 11.7. The topological polar surface area (TPSA) is 76.0 Å². The van der Waals surface area contributed by atoms with Crippen LogP contribution in [0.15, 0.2) is 54.6 Å². The van der Waals surface area contributed by atoms with Crippen LogP contribution in [0.1, 0.15) is 18.9 Å². The van der Waals surface area contributed by atoms with Crippen molar-refractivity contribution in [3.8, 4) is 11.5 Å². The van der Waals surface area contributed by atoms with Crippen molar-refractivity contribution in [2.24, 2.45) is 0 Å². The fourth-order valence-electron chi connectivity index (χ4n) is 2.68. The van der Waals surface area contributed by atoms with Gasteiger partial charge in [0.2, 0.25) is 0 Å². The predicted molar refractivity (Wildman–Crippen MR) is 85.6 cm³/mol. The number of methoxy groups -OCH3 is 1. The summed E-state index contributed by atoms with van der Waals surface area (Å²) in [5, 5.41) is 19.6. The van der Waals surface area contributed by atoms with E-state index in [0.29, 0.717) is 12.0 Å². The molecule has 0 amide bonds. The van der Waals surface area contributed by atoms with Crippen molar-refractivity contribution in [2.75, 3.05) is 7.11 Å². The first-order valence-electron chi connectivity index (χ1n) is 7.33. The Hall–Kier alpha value is -2.53. The van der Waals surface area contributed by atoms with Crippen LogP contribution in [0.5, 0.6) is 11.5 Å². The summed E-state index contributed by atoms with van der Waals surface area (Å²) in [5.74, 6) is -0.975. The minimum atomic E-state index is -1.26. The number of ether oxygens (including phenoxy) is 2. The Morgan fingerprint density at radius 3 is 2.26 bits per heavy atom. The molecule has 2 aromatic carbocycles. The van der Waals surface area contributed by atoms with E-state index in [1.807, 2.05) is 25.1 Å². The van der Waals surface area contributed by atoms with Gasteiger partial charge in [0.25, 0.3) is 0 Å². The summed E-state index contributed by atoms with van der Waals surface area (Å²) in [6.45, 7) is 1.82. The van der Waals surface area contributed by atoms with E-state index in [1.54, 1.807) is 30.3 Å². The van der Waals surface area contributed by atoms with E-state index in [0.717, 1.165) is 0 Å². The molecule has 2 atom stereocenters. The van der Waals surface area contributed by atoms with Crippen molar-refractivity contribution in [3.63, 3.8) is 0 Å². The normalized spacial score (nSPS) is 14.7. The molecule has 0 heterocycles. The van der Waals surface area contributed by atoms with E-state index in [2.05, 4.69) is 0 Å². The molecule has 0 spiro atoms. The van der Waals surface area contributed by atoms with Gasteiger partial charge in [-0.05, 0) is 24.1 Å². The molecule has 2 aromatic rings. The first-order valence-corrected chi connectivity index (χ1v) is 7.33. The van der Waals surface area contributed by atoms with Gasteiger partial charge in [-0.15, -0.1) is 0 Å². The first kappa shape index (κ1) is 16.8. The average molecular weight is 316 g/mol. The summed E-state index contributed by atoms with van der Waals surface area (Å²) in [4.78, 5) is 11.7. The minimum Gasteiger partial charge on any atom is -0.504 e. The van der Waals surface area contributed by atoms with Crippen LogP contribution in [0.4, 0.5) is 0 Å². The highest BCUT2D eigenvalue weighted by Gasteiger charge is 2.46. The molecule has 5 heteroatoms. The minimum absolute atomic E-state index is 0.0542. The Bertz CT molecular complexity index is 655. The molecule has 2 N–H and O–H groups in total. The molecule has 2 rings (SSSR count). The van der Waals surface area contributed by atoms with Crippen molar-refractivity contribution in [3.05, 3.63) is 60.2 Å². The van der Waals surface area contributed by atoms with Crippen molar-refractivity contribution in [2.45, 2.75) is 25.0 Å². The van der Waals surface area contributed by atoms with Crippen LogP contribution in [0.3, 0.4) is 0 Å². The molecule has 0 aliphatic heterocycles. The molecule has 0 fully saturated rings. The zero-order valence-electron chi connectivity index (χ0n) is 13.1. The SMILES string of the molecule is CCC(Oc1ccccc1O)(c1ccccc1)C(OC)C(=O)O. The molecule has 0 radical (unpaired) electrons. The molecule has 0 aliphatic carbocycles. The largest absolute Gasteiger partial charge is 0.504 e. The second-order valence-electron chi connectivity index (χ2n) is 5.13. The molecule has 0 aliphatic rings. The second kappa shape index (κ2) is 7.15. The van der Waals surface area contributed by atoms with Crippen LogP contribution >= 0.6 is 0 Å². The number of carboxylic acid groups (broad SMARTS) is 1. The maximum absolute atomic E-state index is 11.7. The predicted octanol–water partition coefficient (Wildman–Crippen LogP) is 3.18. The summed E-state index contributed by atoms with van der Waals surface area (Å²) >= 11 is 0. The van der Waals surface area contributed by atoms with E-state index >= 15 is 0 Å². The number of aliphatic carboxylic acids is 1. The number of aromatic hydroxyl groups is 1. The summed E-state index contributed by atoms with van der Waals surface area (Å²) in [7, 11) is 1.33. The smallest absolute Gasteiger partial charge is 0.337 e. The Morgan fingerprint density at radius 1 is 1.13 bits per heavy atom. The van der Waals surface area contributed by atoms with Gasteiger partial charge in [-0.1, -0.05) is 49.4 Å². The zero-order chi connectivity index (χ0) is 16.9. The molecular formula is C18H20O5. The molecule has 0 aromatic heterocycles. The molecule has 2 unspecified atom stereocenters. The Kier molecular flexibility index (Phi) is 5.24. The number of para-hydroxylation sites is 2. The van der Waals surface area contributed by atoms with Gasteiger partial charge in [0.05, 0.1) is 0 Å². The molecule has 0 saturated carbocycles. The van der Waals surface area contributed by atoms with Crippen molar-refractivity contribution < 1.29 is 24.5 Å². The van der Waals surface area contributed by atoms with Crippen LogP contribution in [0.25, 0.3) is 0 Å². The highest BCUT2D eigenvalue weighted by Crippen LogP contribution is 2.39. The van der Waals surface area contributed by atoms with Gasteiger partial charge in [0.1, 0.15) is 0 Å². The van der Waals surface area contributed by atoms with Crippen LogP contribution in [0, 0.1) is 0 Å². The van der Waals surface area contributed by atoms with Crippen molar-refractivity contribution in [1.82, 2.24) is 0 Å². The van der Waals surface area contributed by atoms with Crippen LogP contribution < -0.4 is 4.74 Å². The Labute approximate surface area is 135 Å². The molecule has 122 valence electrons. The highest BCUT2D eigenvalue weighted by atomic mass is 16.6.